The van der Waals surface area contributed by atoms with E-state index in [4.69, 9.17) is 4.74 Å². The monoisotopic (exact) mass is 250 g/mol. The maximum Gasteiger partial charge on any atom is 0.219 e. The van der Waals surface area contributed by atoms with Crippen molar-refractivity contribution in [1.82, 2.24) is 10.6 Å². The Hall–Kier alpha value is -1.55. The lowest BCUT2D eigenvalue weighted by Crippen LogP contribution is -2.18. The highest BCUT2D eigenvalue weighted by Gasteiger charge is 2.02. The summed E-state index contributed by atoms with van der Waals surface area (Å²) in [6.45, 7) is 2.67. The highest BCUT2D eigenvalue weighted by atomic mass is 16.5. The summed E-state index contributed by atoms with van der Waals surface area (Å²) in [5.41, 5.74) is 1.23. The minimum atomic E-state index is 0.0526. The number of hydrogen-bond donors (Lipinski definition) is 2. The van der Waals surface area contributed by atoms with Crippen LogP contribution in [0, 0.1) is 0 Å². The van der Waals surface area contributed by atoms with Gasteiger partial charge in [-0.1, -0.05) is 12.1 Å². The minimum Gasteiger partial charge on any atom is -0.494 e. The molecule has 0 saturated heterocycles. The molecule has 0 saturated carbocycles. The van der Waals surface area contributed by atoms with Crippen molar-refractivity contribution in [3.8, 4) is 5.75 Å². The highest BCUT2D eigenvalue weighted by Crippen LogP contribution is 2.17. The van der Waals surface area contributed by atoms with E-state index in [-0.39, 0.29) is 5.91 Å². The molecule has 0 bridgehead atoms. The largest absolute Gasteiger partial charge is 0.494 e. The molecule has 0 aliphatic rings. The van der Waals surface area contributed by atoms with Crippen LogP contribution in [0.5, 0.6) is 5.75 Å². The molecule has 0 aromatic heterocycles. The number of carbonyl (C=O) groups excluding carboxylic acids is 1. The third-order valence-electron chi connectivity index (χ3n) is 2.91. The fourth-order valence-electron chi connectivity index (χ4n) is 1.57. The third-order valence-corrected chi connectivity index (χ3v) is 2.91. The first kappa shape index (κ1) is 14.5. The van der Waals surface area contributed by atoms with Crippen LogP contribution < -0.4 is 15.4 Å². The zero-order valence-electron chi connectivity index (χ0n) is 11.3. The molecular formula is C14H22N2O2. The summed E-state index contributed by atoms with van der Waals surface area (Å²) in [6, 6.07) is 8.36. The normalized spacial score (nSPS) is 11.9. The number of nitrogens with one attached hydrogen (secondary N) is 2. The molecule has 0 aliphatic heterocycles. The van der Waals surface area contributed by atoms with Gasteiger partial charge in [0.05, 0.1) is 6.61 Å². The van der Waals surface area contributed by atoms with E-state index in [1.54, 1.807) is 7.05 Å². The van der Waals surface area contributed by atoms with Crippen molar-refractivity contribution in [2.24, 2.45) is 0 Å². The molecule has 4 heteroatoms. The van der Waals surface area contributed by atoms with Gasteiger partial charge in [0, 0.05) is 19.5 Å². The summed E-state index contributed by atoms with van der Waals surface area (Å²) in [6.07, 6.45) is 1.24. The lowest BCUT2D eigenvalue weighted by Gasteiger charge is -2.11. The van der Waals surface area contributed by atoms with Gasteiger partial charge in [-0.05, 0) is 38.1 Å². The lowest BCUT2D eigenvalue weighted by molar-refractivity contribution is -0.120. The number of benzene rings is 1. The molecule has 1 aromatic carbocycles. The van der Waals surface area contributed by atoms with Crippen LogP contribution in [0.2, 0.25) is 0 Å². The zero-order valence-corrected chi connectivity index (χ0v) is 11.3. The fourth-order valence-corrected chi connectivity index (χ4v) is 1.57. The van der Waals surface area contributed by atoms with Crippen molar-refractivity contribution in [3.05, 3.63) is 29.8 Å². The maximum atomic E-state index is 11.0. The number of hydrogen-bond acceptors (Lipinski definition) is 3. The van der Waals surface area contributed by atoms with Gasteiger partial charge in [-0.25, -0.2) is 0 Å². The highest BCUT2D eigenvalue weighted by molar-refractivity contribution is 5.75. The molecule has 4 nitrogen and oxygen atoms in total. The third kappa shape index (κ3) is 4.75. The Labute approximate surface area is 109 Å². The molecule has 0 spiro atoms. The van der Waals surface area contributed by atoms with Gasteiger partial charge >= 0.3 is 0 Å². The van der Waals surface area contributed by atoms with Crippen LogP contribution in [-0.4, -0.2) is 26.6 Å². The molecule has 100 valence electrons. The standard InChI is InChI=1S/C14H22N2O2/c1-11(15-2)12-6-8-13(9-7-12)18-10-4-5-14(17)16-3/h6-9,11,15H,4-5,10H2,1-3H3,(H,16,17). The second-order valence-electron chi connectivity index (χ2n) is 4.20. The minimum absolute atomic E-state index is 0.0526. The molecular weight excluding hydrogens is 228 g/mol. The summed E-state index contributed by atoms with van der Waals surface area (Å²) in [5, 5.41) is 5.78. The quantitative estimate of drug-likeness (QED) is 0.726. The van der Waals surface area contributed by atoms with E-state index in [0.717, 1.165) is 12.2 Å². The van der Waals surface area contributed by atoms with E-state index in [1.807, 2.05) is 19.2 Å². The number of carbonyl (C=O) groups is 1. The molecule has 1 aromatic rings. The van der Waals surface area contributed by atoms with E-state index in [1.165, 1.54) is 5.56 Å². The first-order chi connectivity index (χ1) is 8.67. The Kier molecular flexibility index (Phi) is 6.22. The van der Waals surface area contributed by atoms with Crippen LogP contribution in [0.15, 0.2) is 24.3 Å². The maximum absolute atomic E-state index is 11.0. The van der Waals surface area contributed by atoms with Crippen molar-refractivity contribution in [1.29, 1.82) is 0 Å². The first-order valence-corrected chi connectivity index (χ1v) is 6.28. The zero-order chi connectivity index (χ0) is 13.4. The Morgan fingerprint density at radius 3 is 2.50 bits per heavy atom. The molecule has 1 amide bonds. The first-order valence-electron chi connectivity index (χ1n) is 6.28. The number of rotatable bonds is 7. The van der Waals surface area contributed by atoms with E-state index in [2.05, 4.69) is 29.7 Å². The Balaban J connectivity index is 2.33. The Morgan fingerprint density at radius 1 is 1.28 bits per heavy atom. The topological polar surface area (TPSA) is 50.4 Å². The van der Waals surface area contributed by atoms with E-state index < -0.39 is 0 Å². The van der Waals surface area contributed by atoms with Crippen LogP contribution >= 0.6 is 0 Å². The van der Waals surface area contributed by atoms with Crippen LogP contribution in [0.1, 0.15) is 31.4 Å². The number of amides is 1. The molecule has 1 atom stereocenters. The van der Waals surface area contributed by atoms with Gasteiger partial charge in [-0.2, -0.15) is 0 Å². The molecule has 0 aliphatic carbocycles. The molecule has 18 heavy (non-hydrogen) atoms. The van der Waals surface area contributed by atoms with Gasteiger partial charge < -0.3 is 15.4 Å². The van der Waals surface area contributed by atoms with Crippen LogP contribution in [0.3, 0.4) is 0 Å². The summed E-state index contributed by atoms with van der Waals surface area (Å²) in [5.74, 6) is 0.899. The lowest BCUT2D eigenvalue weighted by atomic mass is 10.1. The Bertz CT molecular complexity index is 363. The van der Waals surface area contributed by atoms with Crippen molar-refractivity contribution in [2.45, 2.75) is 25.8 Å². The van der Waals surface area contributed by atoms with E-state index in [9.17, 15) is 4.79 Å². The Morgan fingerprint density at radius 2 is 1.94 bits per heavy atom. The van der Waals surface area contributed by atoms with Crippen molar-refractivity contribution in [2.75, 3.05) is 20.7 Å². The molecule has 0 radical (unpaired) electrons. The van der Waals surface area contributed by atoms with Crippen molar-refractivity contribution in [3.63, 3.8) is 0 Å². The fraction of sp³-hybridized carbons (Fsp3) is 0.500. The van der Waals surface area contributed by atoms with E-state index in [0.29, 0.717) is 19.1 Å². The average Bonchev–Trinajstić information content (AvgIpc) is 2.43. The summed E-state index contributed by atoms with van der Waals surface area (Å²) >= 11 is 0. The van der Waals surface area contributed by atoms with Crippen LogP contribution in [-0.2, 0) is 4.79 Å². The van der Waals surface area contributed by atoms with Gasteiger partial charge in [-0.15, -0.1) is 0 Å². The summed E-state index contributed by atoms with van der Waals surface area (Å²) in [7, 11) is 3.58. The smallest absolute Gasteiger partial charge is 0.219 e. The second kappa shape index (κ2) is 7.71. The van der Waals surface area contributed by atoms with Gasteiger partial charge in [0.15, 0.2) is 0 Å². The van der Waals surface area contributed by atoms with Gasteiger partial charge in [0.25, 0.3) is 0 Å². The summed E-state index contributed by atoms with van der Waals surface area (Å²) in [4.78, 5) is 11.0. The average molecular weight is 250 g/mol. The van der Waals surface area contributed by atoms with E-state index >= 15 is 0 Å². The van der Waals surface area contributed by atoms with Gasteiger partial charge in [-0.3, -0.25) is 4.79 Å². The molecule has 1 rings (SSSR count). The SMILES string of the molecule is CNC(=O)CCCOc1ccc(C(C)NC)cc1. The molecule has 2 N–H and O–H groups in total. The predicted octanol–water partition coefficient (Wildman–Crippen LogP) is 1.87. The predicted molar refractivity (Wildman–Crippen MR) is 72.7 cm³/mol. The molecule has 0 fully saturated rings. The van der Waals surface area contributed by atoms with Gasteiger partial charge in [0.2, 0.25) is 5.91 Å². The molecule has 0 heterocycles. The van der Waals surface area contributed by atoms with Crippen LogP contribution in [0.4, 0.5) is 0 Å². The van der Waals surface area contributed by atoms with Crippen molar-refractivity contribution < 1.29 is 9.53 Å². The molecule has 1 unspecified atom stereocenters. The van der Waals surface area contributed by atoms with Crippen LogP contribution in [0.25, 0.3) is 0 Å². The second-order valence-corrected chi connectivity index (χ2v) is 4.20. The number of ether oxygens (including phenoxy) is 1. The summed E-state index contributed by atoms with van der Waals surface area (Å²) < 4.78 is 5.57. The van der Waals surface area contributed by atoms with Crippen molar-refractivity contribution >= 4 is 5.91 Å². The van der Waals surface area contributed by atoms with Gasteiger partial charge in [0.1, 0.15) is 5.75 Å².